The predicted molar refractivity (Wildman–Crippen MR) is 104 cm³/mol. The Labute approximate surface area is 165 Å². The molecule has 2 fully saturated rings. The van der Waals surface area contributed by atoms with Crippen molar-refractivity contribution in [2.45, 2.75) is 31.7 Å². The molecule has 3 rings (SSSR count). The molecule has 140 valence electrons. The van der Waals surface area contributed by atoms with Gasteiger partial charge in [-0.25, -0.2) is 0 Å². The number of hydrogen-bond acceptors (Lipinski definition) is 3. The normalized spacial score (nSPS) is 21.7. The van der Waals surface area contributed by atoms with Crippen LogP contribution in [0.3, 0.4) is 0 Å². The molecule has 2 heterocycles. The van der Waals surface area contributed by atoms with Crippen molar-refractivity contribution < 1.29 is 9.53 Å². The van der Waals surface area contributed by atoms with Crippen molar-refractivity contribution in [2.75, 3.05) is 32.8 Å². The summed E-state index contributed by atoms with van der Waals surface area (Å²) in [5, 5.41) is 4.85. The molecule has 1 unspecified atom stereocenters. The summed E-state index contributed by atoms with van der Waals surface area (Å²) in [5.41, 5.74) is 1.11. The van der Waals surface area contributed by atoms with Crippen LogP contribution in [0.1, 0.15) is 24.8 Å². The average molecular weight is 408 g/mol. The summed E-state index contributed by atoms with van der Waals surface area (Å²) >= 11 is 12.3. The molecule has 2 saturated heterocycles. The van der Waals surface area contributed by atoms with Crippen LogP contribution in [0.25, 0.3) is 0 Å². The van der Waals surface area contributed by atoms with Crippen LogP contribution in [0.2, 0.25) is 10.0 Å². The standard InChI is InChI=1S/C18H24Cl2N2O2.ClH/c19-15-1-2-17(20)14(10-15)9-13-3-6-22(7-4-13)18(23)11-16-12-24-8-5-21-16;/h1-2,10,13,16,21H,3-9,11-12H2;1H. The molecule has 0 aliphatic carbocycles. The van der Waals surface area contributed by atoms with Gasteiger partial charge in [-0.05, 0) is 48.9 Å². The molecule has 7 heteroatoms. The fourth-order valence-electron chi connectivity index (χ4n) is 3.49. The van der Waals surface area contributed by atoms with Crippen LogP contribution in [0.5, 0.6) is 0 Å². The van der Waals surface area contributed by atoms with E-state index in [1.807, 2.05) is 23.1 Å². The highest BCUT2D eigenvalue weighted by Gasteiger charge is 2.26. The molecule has 0 spiro atoms. The van der Waals surface area contributed by atoms with E-state index in [0.29, 0.717) is 18.9 Å². The zero-order chi connectivity index (χ0) is 16.9. The number of carbonyl (C=O) groups is 1. The van der Waals surface area contributed by atoms with Crippen molar-refractivity contribution in [1.82, 2.24) is 10.2 Å². The Morgan fingerprint density at radius 3 is 2.72 bits per heavy atom. The first kappa shape index (κ1) is 20.8. The zero-order valence-corrected chi connectivity index (χ0v) is 16.5. The molecule has 0 saturated carbocycles. The first-order valence-electron chi connectivity index (χ1n) is 8.64. The molecule has 1 N–H and O–H groups in total. The summed E-state index contributed by atoms with van der Waals surface area (Å²) in [6.45, 7) is 3.86. The van der Waals surface area contributed by atoms with Crippen molar-refractivity contribution in [3.8, 4) is 0 Å². The van der Waals surface area contributed by atoms with Crippen molar-refractivity contribution in [3.05, 3.63) is 33.8 Å². The van der Waals surface area contributed by atoms with Gasteiger partial charge in [0.25, 0.3) is 0 Å². The van der Waals surface area contributed by atoms with Crippen LogP contribution < -0.4 is 5.32 Å². The van der Waals surface area contributed by atoms with E-state index in [4.69, 9.17) is 27.9 Å². The lowest BCUT2D eigenvalue weighted by molar-refractivity contribution is -0.133. The highest BCUT2D eigenvalue weighted by atomic mass is 35.5. The third-order valence-corrected chi connectivity index (χ3v) is 5.51. The van der Waals surface area contributed by atoms with Crippen LogP contribution in [-0.4, -0.2) is 49.7 Å². The van der Waals surface area contributed by atoms with E-state index >= 15 is 0 Å². The number of amides is 1. The number of carbonyl (C=O) groups excluding carboxylic acids is 1. The first-order valence-corrected chi connectivity index (χ1v) is 9.40. The molecule has 0 bridgehead atoms. The molecule has 2 aliphatic heterocycles. The number of ether oxygens (including phenoxy) is 1. The largest absolute Gasteiger partial charge is 0.378 e. The molecular formula is C18H25Cl3N2O2. The number of benzene rings is 1. The lowest BCUT2D eigenvalue weighted by atomic mass is 9.90. The molecule has 0 aromatic heterocycles. The summed E-state index contributed by atoms with van der Waals surface area (Å²) in [5.74, 6) is 0.790. The van der Waals surface area contributed by atoms with Gasteiger partial charge in [0.1, 0.15) is 0 Å². The lowest BCUT2D eigenvalue weighted by Crippen LogP contribution is -2.46. The van der Waals surface area contributed by atoms with Gasteiger partial charge in [-0.3, -0.25) is 4.79 Å². The molecule has 25 heavy (non-hydrogen) atoms. The van der Waals surface area contributed by atoms with E-state index in [9.17, 15) is 4.79 Å². The summed E-state index contributed by atoms with van der Waals surface area (Å²) < 4.78 is 5.42. The zero-order valence-electron chi connectivity index (χ0n) is 14.2. The van der Waals surface area contributed by atoms with E-state index in [2.05, 4.69) is 5.32 Å². The van der Waals surface area contributed by atoms with E-state index in [-0.39, 0.29) is 24.4 Å². The Bertz CT molecular complexity index is 571. The summed E-state index contributed by atoms with van der Waals surface area (Å²) in [6.07, 6.45) is 3.50. The molecule has 1 amide bonds. The van der Waals surface area contributed by atoms with Crippen molar-refractivity contribution in [2.24, 2.45) is 5.92 Å². The highest BCUT2D eigenvalue weighted by molar-refractivity contribution is 6.33. The quantitative estimate of drug-likeness (QED) is 0.829. The van der Waals surface area contributed by atoms with Gasteiger partial charge < -0.3 is 15.0 Å². The van der Waals surface area contributed by atoms with Crippen molar-refractivity contribution >= 4 is 41.5 Å². The first-order chi connectivity index (χ1) is 11.6. The van der Waals surface area contributed by atoms with Crippen LogP contribution in [-0.2, 0) is 16.0 Å². The number of hydrogen-bond donors (Lipinski definition) is 1. The maximum Gasteiger partial charge on any atom is 0.224 e. The smallest absolute Gasteiger partial charge is 0.224 e. The van der Waals surface area contributed by atoms with Crippen molar-refractivity contribution in [3.63, 3.8) is 0 Å². The Morgan fingerprint density at radius 2 is 2.04 bits per heavy atom. The van der Waals surface area contributed by atoms with Crippen LogP contribution >= 0.6 is 35.6 Å². The second-order valence-electron chi connectivity index (χ2n) is 6.69. The number of piperidine rings is 1. The van der Waals surface area contributed by atoms with Crippen LogP contribution in [0.15, 0.2) is 18.2 Å². The van der Waals surface area contributed by atoms with Gasteiger partial charge in [0, 0.05) is 42.1 Å². The van der Waals surface area contributed by atoms with E-state index in [0.717, 1.165) is 61.1 Å². The number of nitrogens with zero attached hydrogens (tertiary/aromatic N) is 1. The van der Waals surface area contributed by atoms with Gasteiger partial charge in [0.05, 0.1) is 13.2 Å². The minimum atomic E-state index is 0. The molecule has 1 aromatic rings. The summed E-state index contributed by atoms with van der Waals surface area (Å²) in [6, 6.07) is 5.79. The van der Waals surface area contributed by atoms with E-state index in [1.165, 1.54) is 0 Å². The monoisotopic (exact) mass is 406 g/mol. The SMILES string of the molecule is Cl.O=C(CC1COCCN1)N1CCC(Cc2cc(Cl)ccc2Cl)CC1. The topological polar surface area (TPSA) is 41.6 Å². The lowest BCUT2D eigenvalue weighted by Gasteiger charge is -2.33. The highest BCUT2D eigenvalue weighted by Crippen LogP contribution is 2.28. The van der Waals surface area contributed by atoms with Gasteiger partial charge >= 0.3 is 0 Å². The third-order valence-electron chi connectivity index (χ3n) is 4.90. The molecule has 4 nitrogen and oxygen atoms in total. The van der Waals surface area contributed by atoms with Crippen LogP contribution in [0, 0.1) is 5.92 Å². The Hall–Kier alpha value is -0.520. The van der Waals surface area contributed by atoms with Crippen LogP contribution in [0.4, 0.5) is 0 Å². The number of halogens is 3. The van der Waals surface area contributed by atoms with Gasteiger partial charge in [-0.2, -0.15) is 0 Å². The fraction of sp³-hybridized carbons (Fsp3) is 0.611. The third kappa shape index (κ3) is 6.00. The Kier molecular flexibility index (Phi) is 8.30. The van der Waals surface area contributed by atoms with E-state index in [1.54, 1.807) is 0 Å². The molecule has 2 aliphatic rings. The second kappa shape index (κ2) is 9.98. The molecule has 1 atom stereocenters. The fourth-order valence-corrected chi connectivity index (χ4v) is 3.88. The summed E-state index contributed by atoms with van der Waals surface area (Å²) in [7, 11) is 0. The second-order valence-corrected chi connectivity index (χ2v) is 7.54. The minimum absolute atomic E-state index is 0. The van der Waals surface area contributed by atoms with Gasteiger partial charge in [-0.15, -0.1) is 12.4 Å². The Balaban J connectivity index is 0.00000225. The van der Waals surface area contributed by atoms with Gasteiger partial charge in [0.2, 0.25) is 5.91 Å². The molecular weight excluding hydrogens is 383 g/mol. The van der Waals surface area contributed by atoms with Crippen molar-refractivity contribution in [1.29, 1.82) is 0 Å². The van der Waals surface area contributed by atoms with Gasteiger partial charge in [0.15, 0.2) is 0 Å². The van der Waals surface area contributed by atoms with Gasteiger partial charge in [-0.1, -0.05) is 23.2 Å². The predicted octanol–water partition coefficient (Wildman–Crippen LogP) is 3.57. The molecule has 0 radical (unpaired) electrons. The maximum absolute atomic E-state index is 12.4. The minimum Gasteiger partial charge on any atom is -0.378 e. The number of rotatable bonds is 4. The van der Waals surface area contributed by atoms with E-state index < -0.39 is 0 Å². The number of nitrogens with one attached hydrogen (secondary N) is 1. The average Bonchev–Trinajstić information content (AvgIpc) is 2.60. The number of likely N-dealkylation sites (tertiary alicyclic amines) is 1. The molecule has 1 aromatic carbocycles. The summed E-state index contributed by atoms with van der Waals surface area (Å²) in [4.78, 5) is 14.4. The maximum atomic E-state index is 12.4. The number of morpholine rings is 1. The Morgan fingerprint density at radius 1 is 1.28 bits per heavy atom.